The van der Waals surface area contributed by atoms with Crippen molar-refractivity contribution in [1.82, 2.24) is 19.9 Å². The van der Waals surface area contributed by atoms with Crippen molar-refractivity contribution in [3.63, 3.8) is 0 Å². The van der Waals surface area contributed by atoms with Crippen LogP contribution in [0.3, 0.4) is 0 Å². The third-order valence-electron chi connectivity index (χ3n) is 6.85. The lowest BCUT2D eigenvalue weighted by molar-refractivity contribution is 0.446. The van der Waals surface area contributed by atoms with Gasteiger partial charge in [-0.1, -0.05) is 84.0 Å². The standard InChI is InChI=1S/C34H35N5O/c1-33(2,3)24-20-27(30(40)28(21-24)34(4,5)6)32-37-22-36-31(38-32)23-13-12-16-26(19-23)39(25-14-8-7-9-15-25)29-17-10-11-18-35-29/h7-22,40H,1-6H3. The molecular weight excluding hydrogens is 494 g/mol. The average Bonchev–Trinajstić information content (AvgIpc) is 2.93. The molecule has 0 spiro atoms. The first-order valence-corrected chi connectivity index (χ1v) is 13.5. The molecule has 2 aromatic heterocycles. The fraction of sp³-hybridized carbons (Fsp3) is 0.235. The fourth-order valence-corrected chi connectivity index (χ4v) is 4.64. The molecule has 0 aliphatic rings. The SMILES string of the molecule is CC(C)(C)c1cc(-c2ncnc(-c3cccc(N(c4ccccc4)c4ccccn4)c3)n2)c(O)c(C(C)(C)C)c1. The van der Waals surface area contributed by atoms with Crippen LogP contribution in [0, 0.1) is 0 Å². The van der Waals surface area contributed by atoms with E-state index in [4.69, 9.17) is 4.98 Å². The monoisotopic (exact) mass is 529 g/mol. The third-order valence-corrected chi connectivity index (χ3v) is 6.85. The number of pyridine rings is 1. The second-order valence-electron chi connectivity index (χ2n) is 12.0. The minimum absolute atomic E-state index is 0.112. The summed E-state index contributed by atoms with van der Waals surface area (Å²) in [6.45, 7) is 12.8. The van der Waals surface area contributed by atoms with Crippen LogP contribution in [0.4, 0.5) is 17.2 Å². The number of rotatable bonds is 5. The quantitative estimate of drug-likeness (QED) is 0.246. The molecule has 2 heterocycles. The zero-order chi connectivity index (χ0) is 28.5. The first-order valence-electron chi connectivity index (χ1n) is 13.5. The summed E-state index contributed by atoms with van der Waals surface area (Å²) in [5.41, 5.74) is 4.98. The zero-order valence-electron chi connectivity index (χ0n) is 23.9. The lowest BCUT2D eigenvalue weighted by Crippen LogP contribution is -2.17. The number of hydrogen-bond donors (Lipinski definition) is 1. The van der Waals surface area contributed by atoms with E-state index in [2.05, 4.69) is 79.6 Å². The average molecular weight is 530 g/mol. The van der Waals surface area contributed by atoms with Crippen LogP contribution in [-0.4, -0.2) is 25.0 Å². The van der Waals surface area contributed by atoms with Gasteiger partial charge in [0, 0.05) is 28.7 Å². The highest BCUT2D eigenvalue weighted by Gasteiger charge is 2.26. The predicted molar refractivity (Wildman–Crippen MR) is 162 cm³/mol. The van der Waals surface area contributed by atoms with Gasteiger partial charge in [0.05, 0.1) is 5.56 Å². The number of hydrogen-bond acceptors (Lipinski definition) is 6. The number of nitrogens with zero attached hydrogens (tertiary/aromatic N) is 5. The van der Waals surface area contributed by atoms with Crippen molar-refractivity contribution in [3.05, 3.63) is 109 Å². The van der Waals surface area contributed by atoms with Crippen LogP contribution < -0.4 is 4.90 Å². The summed E-state index contributed by atoms with van der Waals surface area (Å²) in [6.07, 6.45) is 3.30. The molecule has 40 heavy (non-hydrogen) atoms. The van der Waals surface area contributed by atoms with Gasteiger partial charge in [-0.15, -0.1) is 0 Å². The Kier molecular flexibility index (Phi) is 7.11. The van der Waals surface area contributed by atoms with E-state index in [-0.39, 0.29) is 16.6 Å². The van der Waals surface area contributed by atoms with Gasteiger partial charge in [0.1, 0.15) is 17.9 Å². The zero-order valence-corrected chi connectivity index (χ0v) is 23.9. The molecule has 0 radical (unpaired) electrons. The van der Waals surface area contributed by atoms with Crippen LogP contribution in [0.2, 0.25) is 0 Å². The Balaban J connectivity index is 1.62. The highest BCUT2D eigenvalue weighted by atomic mass is 16.3. The van der Waals surface area contributed by atoms with Crippen molar-refractivity contribution in [2.45, 2.75) is 52.4 Å². The number of phenolic OH excluding ortho intramolecular Hbond substituents is 1. The molecule has 202 valence electrons. The van der Waals surface area contributed by atoms with Gasteiger partial charge in [-0.2, -0.15) is 0 Å². The highest BCUT2D eigenvalue weighted by Crippen LogP contribution is 2.41. The largest absolute Gasteiger partial charge is 0.507 e. The van der Waals surface area contributed by atoms with E-state index < -0.39 is 0 Å². The molecule has 0 unspecified atom stereocenters. The maximum absolute atomic E-state index is 11.4. The van der Waals surface area contributed by atoms with Crippen LogP contribution in [0.25, 0.3) is 22.8 Å². The molecule has 0 aliphatic heterocycles. The maximum atomic E-state index is 11.4. The smallest absolute Gasteiger partial charge is 0.167 e. The number of aromatic hydroxyl groups is 1. The van der Waals surface area contributed by atoms with Crippen LogP contribution in [0.1, 0.15) is 52.7 Å². The normalized spacial score (nSPS) is 11.8. The van der Waals surface area contributed by atoms with Crippen LogP contribution in [-0.2, 0) is 10.8 Å². The van der Waals surface area contributed by atoms with Crippen molar-refractivity contribution >= 4 is 17.2 Å². The molecule has 0 amide bonds. The summed E-state index contributed by atoms with van der Waals surface area (Å²) in [6, 6.07) is 28.2. The second-order valence-corrected chi connectivity index (χ2v) is 12.0. The first kappa shape index (κ1) is 27.0. The number of phenols is 1. The Labute approximate surface area is 236 Å². The number of aromatic nitrogens is 4. The summed E-state index contributed by atoms with van der Waals surface area (Å²) in [4.78, 5) is 20.6. The van der Waals surface area contributed by atoms with Crippen LogP contribution in [0.15, 0.2) is 97.5 Å². The summed E-state index contributed by atoms with van der Waals surface area (Å²) in [5.74, 6) is 1.98. The van der Waals surface area contributed by atoms with Crippen molar-refractivity contribution < 1.29 is 5.11 Å². The highest BCUT2D eigenvalue weighted by molar-refractivity contribution is 5.77. The van der Waals surface area contributed by atoms with E-state index >= 15 is 0 Å². The van der Waals surface area contributed by atoms with Gasteiger partial charge in [0.2, 0.25) is 0 Å². The molecule has 0 bridgehead atoms. The van der Waals surface area contributed by atoms with Gasteiger partial charge in [0.25, 0.3) is 0 Å². The third kappa shape index (κ3) is 5.57. The van der Waals surface area contributed by atoms with Crippen LogP contribution >= 0.6 is 0 Å². The van der Waals surface area contributed by atoms with Gasteiger partial charge in [0.15, 0.2) is 11.6 Å². The molecule has 0 saturated heterocycles. The Bertz CT molecular complexity index is 1580. The van der Waals surface area contributed by atoms with Gasteiger partial charge >= 0.3 is 0 Å². The topological polar surface area (TPSA) is 75.0 Å². The molecule has 5 aromatic rings. The first-order chi connectivity index (χ1) is 19.0. The minimum atomic E-state index is -0.253. The molecule has 6 heteroatoms. The summed E-state index contributed by atoms with van der Waals surface area (Å²) >= 11 is 0. The second kappa shape index (κ2) is 10.5. The molecule has 3 aromatic carbocycles. The fourth-order valence-electron chi connectivity index (χ4n) is 4.64. The minimum Gasteiger partial charge on any atom is -0.507 e. The van der Waals surface area contributed by atoms with Crippen molar-refractivity contribution in [3.8, 4) is 28.5 Å². The maximum Gasteiger partial charge on any atom is 0.167 e. The lowest BCUT2D eigenvalue weighted by atomic mass is 9.79. The number of benzene rings is 3. The molecular formula is C34H35N5O. The Morgan fingerprint density at radius 3 is 2.02 bits per heavy atom. The van der Waals surface area contributed by atoms with E-state index in [1.54, 1.807) is 6.20 Å². The Hall–Kier alpha value is -4.58. The van der Waals surface area contributed by atoms with E-state index in [9.17, 15) is 5.11 Å². The summed E-state index contributed by atoms with van der Waals surface area (Å²) < 4.78 is 0. The van der Waals surface area contributed by atoms with Gasteiger partial charge in [-0.25, -0.2) is 19.9 Å². The summed E-state index contributed by atoms with van der Waals surface area (Å²) in [7, 11) is 0. The van der Waals surface area contributed by atoms with E-state index in [1.165, 1.54) is 6.33 Å². The van der Waals surface area contributed by atoms with E-state index in [0.717, 1.165) is 33.9 Å². The molecule has 0 saturated carbocycles. The summed E-state index contributed by atoms with van der Waals surface area (Å²) in [5, 5.41) is 11.4. The Morgan fingerprint density at radius 1 is 0.650 bits per heavy atom. The van der Waals surface area contributed by atoms with Crippen molar-refractivity contribution in [2.24, 2.45) is 0 Å². The van der Waals surface area contributed by atoms with Crippen LogP contribution in [0.5, 0.6) is 5.75 Å². The number of anilines is 3. The van der Waals surface area contributed by atoms with E-state index in [1.807, 2.05) is 66.7 Å². The number of para-hydroxylation sites is 1. The van der Waals surface area contributed by atoms with Gasteiger partial charge < -0.3 is 5.11 Å². The van der Waals surface area contributed by atoms with E-state index in [0.29, 0.717) is 17.2 Å². The molecule has 0 aliphatic carbocycles. The van der Waals surface area contributed by atoms with Crippen molar-refractivity contribution in [2.75, 3.05) is 4.90 Å². The molecule has 1 N–H and O–H groups in total. The molecule has 0 fully saturated rings. The molecule has 0 atom stereocenters. The Morgan fingerprint density at radius 2 is 1.35 bits per heavy atom. The van der Waals surface area contributed by atoms with Gasteiger partial charge in [-0.05, 0) is 58.9 Å². The lowest BCUT2D eigenvalue weighted by Gasteiger charge is -2.27. The molecule has 5 rings (SSSR count). The van der Waals surface area contributed by atoms with Crippen molar-refractivity contribution in [1.29, 1.82) is 0 Å². The predicted octanol–water partition coefficient (Wildman–Crippen LogP) is 8.37. The van der Waals surface area contributed by atoms with Gasteiger partial charge in [-0.3, -0.25) is 4.90 Å². The molecule has 6 nitrogen and oxygen atoms in total.